The minimum Gasteiger partial charge on any atom is -0.268 e. The van der Waals surface area contributed by atoms with Crippen molar-refractivity contribution in [1.29, 1.82) is 0 Å². The smallest absolute Gasteiger partial charge is 0.268 e. The van der Waals surface area contributed by atoms with Crippen molar-refractivity contribution in [1.82, 2.24) is 4.90 Å². The molecule has 0 radical (unpaired) electrons. The van der Waals surface area contributed by atoms with Gasteiger partial charge in [-0.1, -0.05) is 41.4 Å². The van der Waals surface area contributed by atoms with Gasteiger partial charge in [-0.25, -0.2) is 0 Å². The Hall–Kier alpha value is -2.35. The van der Waals surface area contributed by atoms with Crippen LogP contribution in [0.3, 0.4) is 0 Å². The topological polar surface area (TPSA) is 80.5 Å². The van der Waals surface area contributed by atoms with Crippen molar-refractivity contribution in [3.05, 3.63) is 78.7 Å². The van der Waals surface area contributed by atoms with E-state index in [-0.39, 0.29) is 17.1 Å². The number of amides is 2. The van der Waals surface area contributed by atoms with E-state index in [0.29, 0.717) is 21.2 Å². The molecule has 1 aliphatic heterocycles. The predicted octanol–water partition coefficient (Wildman–Crippen LogP) is 5.14. The molecule has 0 aliphatic carbocycles. The van der Waals surface area contributed by atoms with Crippen molar-refractivity contribution in [2.45, 2.75) is 6.54 Å². The molecule has 0 N–H and O–H groups in total. The minimum atomic E-state index is -0.514. The SMILES string of the molecule is O=C1S/C(=C\c2c(Cl)cccc2Cl)C(=O)N1Cc1ccc([N+](=O)[O-])cc1. The lowest BCUT2D eigenvalue weighted by molar-refractivity contribution is -0.384. The molecule has 2 amide bonds. The van der Waals surface area contributed by atoms with Gasteiger partial charge in [0.1, 0.15) is 0 Å². The molecule has 1 fully saturated rings. The molecule has 132 valence electrons. The third-order valence-corrected chi connectivity index (χ3v) is 5.20. The number of hydrogen-bond donors (Lipinski definition) is 0. The molecule has 0 bridgehead atoms. The molecule has 3 rings (SSSR count). The Labute approximate surface area is 162 Å². The normalized spacial score (nSPS) is 15.8. The van der Waals surface area contributed by atoms with E-state index in [1.807, 2.05) is 0 Å². The molecular weight excluding hydrogens is 399 g/mol. The molecule has 0 spiro atoms. The van der Waals surface area contributed by atoms with Gasteiger partial charge in [-0.3, -0.25) is 24.6 Å². The fourth-order valence-electron chi connectivity index (χ4n) is 2.32. The van der Waals surface area contributed by atoms with Crippen LogP contribution in [0.25, 0.3) is 6.08 Å². The van der Waals surface area contributed by atoms with Gasteiger partial charge in [0.15, 0.2) is 0 Å². The van der Waals surface area contributed by atoms with Crippen LogP contribution in [0.15, 0.2) is 47.4 Å². The van der Waals surface area contributed by atoms with Crippen LogP contribution in [0.1, 0.15) is 11.1 Å². The van der Waals surface area contributed by atoms with Crippen LogP contribution in [0.2, 0.25) is 10.0 Å². The van der Waals surface area contributed by atoms with Gasteiger partial charge in [-0.05, 0) is 35.5 Å². The van der Waals surface area contributed by atoms with Gasteiger partial charge >= 0.3 is 0 Å². The summed E-state index contributed by atoms with van der Waals surface area (Å²) >= 11 is 13.0. The molecule has 1 heterocycles. The lowest BCUT2D eigenvalue weighted by Crippen LogP contribution is -2.27. The Morgan fingerprint density at radius 1 is 1.08 bits per heavy atom. The Morgan fingerprint density at radius 3 is 2.27 bits per heavy atom. The number of nitro benzene ring substituents is 1. The summed E-state index contributed by atoms with van der Waals surface area (Å²) < 4.78 is 0. The second kappa shape index (κ2) is 7.49. The average Bonchev–Trinajstić information content (AvgIpc) is 2.86. The van der Waals surface area contributed by atoms with Gasteiger partial charge in [-0.2, -0.15) is 0 Å². The molecular formula is C17H10Cl2N2O4S. The number of carbonyl (C=O) groups is 2. The molecule has 1 saturated heterocycles. The van der Waals surface area contributed by atoms with E-state index in [2.05, 4.69) is 0 Å². The highest BCUT2D eigenvalue weighted by Gasteiger charge is 2.35. The zero-order chi connectivity index (χ0) is 18.8. The summed E-state index contributed by atoms with van der Waals surface area (Å²) in [4.78, 5) is 36.2. The molecule has 26 heavy (non-hydrogen) atoms. The highest BCUT2D eigenvalue weighted by atomic mass is 35.5. The summed E-state index contributed by atoms with van der Waals surface area (Å²) in [7, 11) is 0. The lowest BCUT2D eigenvalue weighted by Gasteiger charge is -2.12. The van der Waals surface area contributed by atoms with Crippen LogP contribution < -0.4 is 0 Å². The van der Waals surface area contributed by atoms with Crippen molar-refractivity contribution in [2.24, 2.45) is 0 Å². The van der Waals surface area contributed by atoms with E-state index in [9.17, 15) is 19.7 Å². The number of hydrogen-bond acceptors (Lipinski definition) is 5. The first-order valence-corrected chi connectivity index (χ1v) is 8.87. The highest BCUT2D eigenvalue weighted by Crippen LogP contribution is 2.36. The van der Waals surface area contributed by atoms with E-state index in [4.69, 9.17) is 23.2 Å². The van der Waals surface area contributed by atoms with Gasteiger partial charge < -0.3 is 0 Å². The molecule has 2 aromatic carbocycles. The van der Waals surface area contributed by atoms with Gasteiger partial charge in [0.05, 0.1) is 16.4 Å². The first kappa shape index (κ1) is 18.4. The summed E-state index contributed by atoms with van der Waals surface area (Å²) in [5, 5.41) is 11.0. The Bertz CT molecular complexity index is 924. The summed E-state index contributed by atoms with van der Waals surface area (Å²) in [6.07, 6.45) is 1.49. The third kappa shape index (κ3) is 3.75. The number of halogens is 2. The fraction of sp³-hybridized carbons (Fsp3) is 0.0588. The summed E-state index contributed by atoms with van der Waals surface area (Å²) in [5.41, 5.74) is 1.02. The average molecular weight is 409 g/mol. The van der Waals surface area contributed by atoms with Crippen molar-refractivity contribution >= 4 is 57.9 Å². The van der Waals surface area contributed by atoms with Crippen LogP contribution in [-0.4, -0.2) is 21.0 Å². The molecule has 9 heteroatoms. The van der Waals surface area contributed by atoms with E-state index in [1.54, 1.807) is 18.2 Å². The third-order valence-electron chi connectivity index (χ3n) is 3.64. The summed E-state index contributed by atoms with van der Waals surface area (Å²) in [5.74, 6) is -0.464. The maximum atomic E-state index is 12.5. The predicted molar refractivity (Wildman–Crippen MR) is 101 cm³/mol. The Morgan fingerprint density at radius 2 is 1.69 bits per heavy atom. The van der Waals surface area contributed by atoms with Gasteiger partial charge in [0.25, 0.3) is 16.8 Å². The molecule has 6 nitrogen and oxygen atoms in total. The molecule has 0 saturated carbocycles. The summed E-state index contributed by atoms with van der Waals surface area (Å²) in [6.45, 7) is 0.0241. The molecule has 0 atom stereocenters. The minimum absolute atomic E-state index is 0.0241. The Kier molecular flexibility index (Phi) is 5.31. The number of rotatable bonds is 4. The monoisotopic (exact) mass is 408 g/mol. The quantitative estimate of drug-likeness (QED) is 0.397. The standard InChI is InChI=1S/C17H10Cl2N2O4S/c18-13-2-1-3-14(19)12(13)8-15-16(22)20(17(23)26-15)9-10-4-6-11(7-5-10)21(24)25/h1-8H,9H2/b15-8-. The van der Waals surface area contributed by atoms with Crippen LogP contribution in [0, 0.1) is 10.1 Å². The van der Waals surface area contributed by atoms with E-state index in [0.717, 1.165) is 16.7 Å². The second-order valence-corrected chi connectivity index (χ2v) is 7.13. The van der Waals surface area contributed by atoms with Crippen molar-refractivity contribution < 1.29 is 14.5 Å². The zero-order valence-corrected chi connectivity index (χ0v) is 15.3. The number of carbonyl (C=O) groups excluding carboxylic acids is 2. The maximum Gasteiger partial charge on any atom is 0.293 e. The van der Waals surface area contributed by atoms with Gasteiger partial charge in [0, 0.05) is 27.7 Å². The Balaban J connectivity index is 1.83. The fourth-order valence-corrected chi connectivity index (χ4v) is 3.65. The number of nitro groups is 1. The molecule has 0 aromatic heterocycles. The molecule has 2 aromatic rings. The number of non-ortho nitro benzene ring substituents is 1. The number of benzene rings is 2. The van der Waals surface area contributed by atoms with Crippen LogP contribution >= 0.6 is 35.0 Å². The van der Waals surface area contributed by atoms with E-state index in [1.165, 1.54) is 30.3 Å². The first-order chi connectivity index (χ1) is 12.4. The van der Waals surface area contributed by atoms with Crippen LogP contribution in [0.5, 0.6) is 0 Å². The van der Waals surface area contributed by atoms with Crippen LogP contribution in [0.4, 0.5) is 10.5 Å². The zero-order valence-electron chi connectivity index (χ0n) is 13.0. The van der Waals surface area contributed by atoms with Gasteiger partial charge in [0.2, 0.25) is 0 Å². The number of thioether (sulfide) groups is 1. The largest absolute Gasteiger partial charge is 0.293 e. The van der Waals surface area contributed by atoms with Crippen molar-refractivity contribution in [2.75, 3.05) is 0 Å². The highest BCUT2D eigenvalue weighted by molar-refractivity contribution is 8.18. The van der Waals surface area contributed by atoms with E-state index >= 15 is 0 Å². The van der Waals surface area contributed by atoms with Crippen molar-refractivity contribution in [3.63, 3.8) is 0 Å². The lowest BCUT2D eigenvalue weighted by atomic mass is 10.2. The van der Waals surface area contributed by atoms with Gasteiger partial charge in [-0.15, -0.1) is 0 Å². The first-order valence-electron chi connectivity index (χ1n) is 7.29. The van der Waals surface area contributed by atoms with Crippen molar-refractivity contribution in [3.8, 4) is 0 Å². The maximum absolute atomic E-state index is 12.5. The van der Waals surface area contributed by atoms with E-state index < -0.39 is 16.1 Å². The molecule has 0 unspecified atom stereocenters. The summed E-state index contributed by atoms with van der Waals surface area (Å²) in [6, 6.07) is 10.6. The molecule has 1 aliphatic rings. The second-order valence-electron chi connectivity index (χ2n) is 5.33. The number of imide groups is 1. The number of nitrogens with zero attached hydrogens (tertiary/aromatic N) is 2. The van der Waals surface area contributed by atoms with Crippen LogP contribution in [-0.2, 0) is 11.3 Å².